The van der Waals surface area contributed by atoms with Crippen LogP contribution in [-0.4, -0.2) is 46.4 Å². The zero-order valence-corrected chi connectivity index (χ0v) is 16.4. The molecule has 0 radical (unpaired) electrons. The van der Waals surface area contributed by atoms with Gasteiger partial charge in [-0.15, -0.1) is 0 Å². The van der Waals surface area contributed by atoms with Gasteiger partial charge in [-0.25, -0.2) is 0 Å². The van der Waals surface area contributed by atoms with Gasteiger partial charge in [0.2, 0.25) is 0 Å². The third-order valence-corrected chi connectivity index (χ3v) is 4.91. The van der Waals surface area contributed by atoms with E-state index in [1.165, 1.54) is 0 Å². The Labute approximate surface area is 156 Å². The van der Waals surface area contributed by atoms with Gasteiger partial charge in [0.1, 0.15) is 5.75 Å². The predicted molar refractivity (Wildman–Crippen MR) is 104 cm³/mol. The van der Waals surface area contributed by atoms with Crippen LogP contribution in [0, 0.1) is 5.92 Å². The molecule has 1 fully saturated rings. The van der Waals surface area contributed by atoms with Crippen LogP contribution in [0.5, 0.6) is 5.75 Å². The van der Waals surface area contributed by atoms with E-state index in [0.717, 1.165) is 61.4 Å². The Morgan fingerprint density at radius 3 is 2.64 bits per heavy atom. The molecule has 1 heterocycles. The van der Waals surface area contributed by atoms with Gasteiger partial charge in [-0.1, -0.05) is 25.4 Å². The molecule has 1 saturated heterocycles. The number of guanidine groups is 1. The molecule has 0 saturated carbocycles. The number of halogens is 1. The third-order valence-electron chi connectivity index (χ3n) is 4.68. The highest BCUT2D eigenvalue weighted by molar-refractivity contribution is 6.30. The topological polar surface area (TPSA) is 54.9 Å². The number of ether oxygens (including phenoxy) is 2. The van der Waals surface area contributed by atoms with Crippen LogP contribution in [0.15, 0.2) is 23.2 Å². The minimum absolute atomic E-state index is 0.0933. The molecule has 1 aliphatic heterocycles. The minimum Gasteiger partial charge on any atom is -0.496 e. The maximum absolute atomic E-state index is 6.29. The van der Waals surface area contributed by atoms with Crippen molar-refractivity contribution >= 4 is 17.6 Å². The molecule has 0 aromatic heterocycles. The smallest absolute Gasteiger partial charge is 0.191 e. The highest BCUT2D eigenvalue weighted by Crippen LogP contribution is 2.40. The second-order valence-corrected chi connectivity index (χ2v) is 7.37. The second kappa shape index (κ2) is 9.30. The lowest BCUT2D eigenvalue weighted by atomic mass is 9.73. The summed E-state index contributed by atoms with van der Waals surface area (Å²) in [5.41, 5.74) is 1.04. The summed E-state index contributed by atoms with van der Waals surface area (Å²) in [7, 11) is 3.50. The largest absolute Gasteiger partial charge is 0.496 e. The zero-order chi connectivity index (χ0) is 18.3. The van der Waals surface area contributed by atoms with Crippen molar-refractivity contribution in [2.75, 3.05) is 40.5 Å². The van der Waals surface area contributed by atoms with E-state index in [9.17, 15) is 0 Å². The van der Waals surface area contributed by atoms with Crippen molar-refractivity contribution in [1.29, 1.82) is 0 Å². The summed E-state index contributed by atoms with van der Waals surface area (Å²) >= 11 is 6.29. The number of methoxy groups -OCH3 is 1. The lowest BCUT2D eigenvalue weighted by Crippen LogP contribution is -2.48. The van der Waals surface area contributed by atoms with E-state index in [0.29, 0.717) is 5.92 Å². The van der Waals surface area contributed by atoms with E-state index in [1.54, 1.807) is 14.2 Å². The van der Waals surface area contributed by atoms with Crippen molar-refractivity contribution < 1.29 is 9.47 Å². The third kappa shape index (κ3) is 5.25. The first-order chi connectivity index (χ1) is 12.0. The van der Waals surface area contributed by atoms with Crippen LogP contribution in [0.25, 0.3) is 0 Å². The van der Waals surface area contributed by atoms with Crippen LogP contribution in [0.4, 0.5) is 0 Å². The molecule has 1 aromatic carbocycles. The predicted octanol–water partition coefficient (Wildman–Crippen LogP) is 3.22. The van der Waals surface area contributed by atoms with E-state index in [2.05, 4.69) is 29.5 Å². The molecular formula is C19H30ClN3O2. The fourth-order valence-corrected chi connectivity index (χ4v) is 3.34. The lowest BCUT2D eigenvalue weighted by molar-refractivity contribution is 0.0505. The maximum Gasteiger partial charge on any atom is 0.191 e. The highest BCUT2D eigenvalue weighted by Gasteiger charge is 2.37. The van der Waals surface area contributed by atoms with Gasteiger partial charge in [0.15, 0.2) is 5.96 Å². The first-order valence-corrected chi connectivity index (χ1v) is 9.25. The Bertz CT molecular complexity index is 584. The molecule has 0 aliphatic carbocycles. The SMILES string of the molecule is CN=C(NCC(C)C)NCC1(c2cc(Cl)ccc2OC)CCOCC1. The average molecular weight is 368 g/mol. The Kier molecular flexibility index (Phi) is 7.38. The summed E-state index contributed by atoms with van der Waals surface area (Å²) in [5.74, 6) is 2.25. The van der Waals surface area contributed by atoms with Crippen LogP contribution in [0.2, 0.25) is 5.02 Å². The van der Waals surface area contributed by atoms with Gasteiger partial charge in [-0.3, -0.25) is 4.99 Å². The number of rotatable bonds is 6. The Balaban J connectivity index is 2.22. The number of hydrogen-bond acceptors (Lipinski definition) is 3. The molecular weight excluding hydrogens is 338 g/mol. The fourth-order valence-electron chi connectivity index (χ4n) is 3.17. The molecule has 2 N–H and O–H groups in total. The summed E-state index contributed by atoms with van der Waals surface area (Å²) < 4.78 is 11.2. The van der Waals surface area contributed by atoms with Crippen molar-refractivity contribution in [3.8, 4) is 5.75 Å². The monoisotopic (exact) mass is 367 g/mol. The van der Waals surface area contributed by atoms with Gasteiger partial charge < -0.3 is 20.1 Å². The molecule has 6 heteroatoms. The lowest BCUT2D eigenvalue weighted by Gasteiger charge is -2.39. The summed E-state index contributed by atoms with van der Waals surface area (Å²) in [6.07, 6.45) is 1.83. The highest BCUT2D eigenvalue weighted by atomic mass is 35.5. The van der Waals surface area contributed by atoms with Gasteiger partial charge in [-0.05, 0) is 37.0 Å². The Hall–Kier alpha value is -1.46. The zero-order valence-electron chi connectivity index (χ0n) is 15.7. The number of nitrogens with zero attached hydrogens (tertiary/aromatic N) is 1. The van der Waals surface area contributed by atoms with Crippen LogP contribution in [0.1, 0.15) is 32.3 Å². The first kappa shape index (κ1) is 19.9. The van der Waals surface area contributed by atoms with Crippen LogP contribution in [0.3, 0.4) is 0 Å². The first-order valence-electron chi connectivity index (χ1n) is 8.87. The van der Waals surface area contributed by atoms with Crippen molar-refractivity contribution in [2.24, 2.45) is 10.9 Å². The van der Waals surface area contributed by atoms with Crippen molar-refractivity contribution in [3.05, 3.63) is 28.8 Å². The summed E-state index contributed by atoms with van der Waals surface area (Å²) in [6.45, 7) is 7.46. The number of benzene rings is 1. The van der Waals surface area contributed by atoms with Gasteiger partial charge >= 0.3 is 0 Å². The molecule has 5 nitrogen and oxygen atoms in total. The molecule has 0 unspecified atom stereocenters. The van der Waals surface area contributed by atoms with E-state index < -0.39 is 0 Å². The molecule has 0 bridgehead atoms. The Morgan fingerprint density at radius 1 is 1.32 bits per heavy atom. The Morgan fingerprint density at radius 2 is 2.04 bits per heavy atom. The van der Waals surface area contributed by atoms with E-state index >= 15 is 0 Å². The van der Waals surface area contributed by atoms with Gasteiger partial charge in [0, 0.05) is 49.4 Å². The van der Waals surface area contributed by atoms with Crippen molar-refractivity contribution in [2.45, 2.75) is 32.1 Å². The fraction of sp³-hybridized carbons (Fsp3) is 0.632. The standard InChI is InChI=1S/C19H30ClN3O2/c1-14(2)12-22-18(21-3)23-13-19(7-9-25-10-8-19)16-11-15(20)5-6-17(16)24-4/h5-6,11,14H,7-10,12-13H2,1-4H3,(H2,21,22,23). The van der Waals surface area contributed by atoms with Gasteiger partial charge in [-0.2, -0.15) is 0 Å². The summed E-state index contributed by atoms with van der Waals surface area (Å²) in [6, 6.07) is 5.84. The molecule has 0 amide bonds. The average Bonchev–Trinajstić information content (AvgIpc) is 2.62. The molecule has 140 valence electrons. The molecule has 1 aliphatic rings. The van der Waals surface area contributed by atoms with E-state index in [1.807, 2.05) is 18.2 Å². The molecule has 2 rings (SSSR count). The molecule has 1 aromatic rings. The van der Waals surface area contributed by atoms with Crippen LogP contribution < -0.4 is 15.4 Å². The minimum atomic E-state index is -0.0933. The number of aliphatic imine (C=N–C) groups is 1. The van der Waals surface area contributed by atoms with E-state index in [-0.39, 0.29) is 5.41 Å². The number of nitrogens with one attached hydrogen (secondary N) is 2. The maximum atomic E-state index is 6.29. The van der Waals surface area contributed by atoms with Crippen LogP contribution in [-0.2, 0) is 10.2 Å². The molecule has 25 heavy (non-hydrogen) atoms. The van der Waals surface area contributed by atoms with Crippen LogP contribution >= 0.6 is 11.6 Å². The van der Waals surface area contributed by atoms with Gasteiger partial charge in [0.05, 0.1) is 7.11 Å². The summed E-state index contributed by atoms with van der Waals surface area (Å²) in [4.78, 5) is 4.34. The molecule has 0 spiro atoms. The summed E-state index contributed by atoms with van der Waals surface area (Å²) in [5, 5.41) is 7.58. The van der Waals surface area contributed by atoms with Crippen molar-refractivity contribution in [1.82, 2.24) is 10.6 Å². The number of hydrogen-bond donors (Lipinski definition) is 2. The van der Waals surface area contributed by atoms with Crippen molar-refractivity contribution in [3.63, 3.8) is 0 Å². The normalized spacial score (nSPS) is 17.4. The second-order valence-electron chi connectivity index (χ2n) is 6.94. The quantitative estimate of drug-likeness (QED) is 0.598. The molecule has 0 atom stereocenters. The van der Waals surface area contributed by atoms with E-state index in [4.69, 9.17) is 21.1 Å². The van der Waals surface area contributed by atoms with Gasteiger partial charge in [0.25, 0.3) is 0 Å².